The normalized spacial score (nSPS) is 23.9. The fourth-order valence-corrected chi connectivity index (χ4v) is 3.14. The number of hydrogen-bond donors (Lipinski definition) is 0. The van der Waals surface area contributed by atoms with Crippen molar-refractivity contribution < 1.29 is 22.7 Å². The first-order valence-electron chi connectivity index (χ1n) is 7.91. The first-order chi connectivity index (χ1) is 10.9. The second kappa shape index (κ2) is 6.02. The Balaban J connectivity index is 1.89. The zero-order chi connectivity index (χ0) is 16.6. The average Bonchev–Trinajstić information content (AvgIpc) is 3.11. The van der Waals surface area contributed by atoms with Crippen molar-refractivity contribution in [3.8, 4) is 0 Å². The van der Waals surface area contributed by atoms with Crippen molar-refractivity contribution in [3.05, 3.63) is 23.4 Å². The molecule has 2 fully saturated rings. The van der Waals surface area contributed by atoms with Crippen LogP contribution in [0.15, 0.2) is 12.1 Å². The summed E-state index contributed by atoms with van der Waals surface area (Å²) in [6.45, 7) is 3.47. The number of rotatable bonds is 4. The van der Waals surface area contributed by atoms with Crippen molar-refractivity contribution in [2.24, 2.45) is 5.92 Å². The molecule has 126 valence electrons. The molecule has 0 amide bonds. The van der Waals surface area contributed by atoms with Crippen LogP contribution in [-0.2, 0) is 15.7 Å². The van der Waals surface area contributed by atoms with Gasteiger partial charge in [-0.1, -0.05) is 6.07 Å². The van der Waals surface area contributed by atoms with E-state index < -0.39 is 11.9 Å². The maximum absolute atomic E-state index is 13.0. The van der Waals surface area contributed by atoms with E-state index in [0.717, 1.165) is 24.5 Å². The topological polar surface area (TPSA) is 42.4 Å². The van der Waals surface area contributed by atoms with Gasteiger partial charge in [0, 0.05) is 19.0 Å². The van der Waals surface area contributed by atoms with Gasteiger partial charge in [-0.05, 0) is 37.8 Å². The van der Waals surface area contributed by atoms with E-state index in [1.807, 2.05) is 4.90 Å². The highest BCUT2D eigenvalue weighted by Crippen LogP contribution is 2.51. The van der Waals surface area contributed by atoms with Gasteiger partial charge in [0.15, 0.2) is 0 Å². The molecule has 0 radical (unpaired) electrons. The van der Waals surface area contributed by atoms with E-state index in [1.165, 1.54) is 6.07 Å². The molecule has 23 heavy (non-hydrogen) atoms. The number of hydrogen-bond acceptors (Lipinski definition) is 4. The van der Waals surface area contributed by atoms with Gasteiger partial charge in [0.25, 0.3) is 0 Å². The lowest BCUT2D eigenvalue weighted by Gasteiger charge is -2.21. The van der Waals surface area contributed by atoms with Crippen molar-refractivity contribution >= 4 is 11.8 Å². The minimum atomic E-state index is -4.46. The molecular weight excluding hydrogens is 309 g/mol. The lowest BCUT2D eigenvalue weighted by Crippen LogP contribution is -2.23. The summed E-state index contributed by atoms with van der Waals surface area (Å²) >= 11 is 0. The SMILES string of the molecule is CCOC(=O)C1CC1c1ccc(C(F)(F)F)nc1N1CCCC1. The Morgan fingerprint density at radius 3 is 2.65 bits per heavy atom. The Morgan fingerprint density at radius 2 is 2.04 bits per heavy atom. The molecule has 7 heteroatoms. The van der Waals surface area contributed by atoms with E-state index in [4.69, 9.17) is 4.74 Å². The van der Waals surface area contributed by atoms with Gasteiger partial charge in [-0.2, -0.15) is 13.2 Å². The van der Waals surface area contributed by atoms with Gasteiger partial charge in [0.1, 0.15) is 11.5 Å². The number of alkyl halides is 3. The highest BCUT2D eigenvalue weighted by atomic mass is 19.4. The minimum Gasteiger partial charge on any atom is -0.466 e. The van der Waals surface area contributed by atoms with E-state index in [-0.39, 0.29) is 17.8 Å². The van der Waals surface area contributed by atoms with Crippen molar-refractivity contribution in [1.82, 2.24) is 4.98 Å². The second-order valence-electron chi connectivity index (χ2n) is 6.00. The van der Waals surface area contributed by atoms with Crippen molar-refractivity contribution in [2.75, 3.05) is 24.6 Å². The van der Waals surface area contributed by atoms with Crippen LogP contribution in [0.1, 0.15) is 43.4 Å². The van der Waals surface area contributed by atoms with Gasteiger partial charge in [-0.25, -0.2) is 4.98 Å². The zero-order valence-electron chi connectivity index (χ0n) is 12.9. The summed E-state index contributed by atoms with van der Waals surface area (Å²) in [5, 5.41) is 0. The van der Waals surface area contributed by atoms with Crippen LogP contribution in [-0.4, -0.2) is 30.6 Å². The molecule has 1 saturated heterocycles. The number of carbonyl (C=O) groups is 1. The van der Waals surface area contributed by atoms with Crippen LogP contribution < -0.4 is 4.90 Å². The van der Waals surface area contributed by atoms with E-state index in [9.17, 15) is 18.0 Å². The molecule has 1 saturated carbocycles. The molecule has 1 aliphatic heterocycles. The number of aromatic nitrogens is 1. The van der Waals surface area contributed by atoms with Gasteiger partial charge in [0.2, 0.25) is 0 Å². The Bertz CT molecular complexity index is 597. The summed E-state index contributed by atoms with van der Waals surface area (Å²) < 4.78 is 43.9. The molecule has 2 aliphatic rings. The van der Waals surface area contributed by atoms with Crippen molar-refractivity contribution in [3.63, 3.8) is 0 Å². The number of carbonyl (C=O) groups excluding carboxylic acids is 1. The van der Waals surface area contributed by atoms with E-state index in [0.29, 0.717) is 31.9 Å². The Kier molecular flexibility index (Phi) is 4.21. The Morgan fingerprint density at radius 1 is 1.35 bits per heavy atom. The highest BCUT2D eigenvalue weighted by Gasteiger charge is 2.47. The second-order valence-corrected chi connectivity index (χ2v) is 6.00. The molecule has 1 aromatic heterocycles. The first-order valence-corrected chi connectivity index (χ1v) is 7.91. The maximum Gasteiger partial charge on any atom is 0.433 e. The van der Waals surface area contributed by atoms with Crippen LogP contribution in [0.4, 0.5) is 19.0 Å². The number of esters is 1. The predicted octanol–water partition coefficient (Wildman–Crippen LogP) is 3.37. The molecule has 0 N–H and O–H groups in total. The first kappa shape index (κ1) is 16.1. The van der Waals surface area contributed by atoms with Crippen LogP contribution in [0.3, 0.4) is 0 Å². The third kappa shape index (κ3) is 3.28. The molecule has 3 rings (SSSR count). The monoisotopic (exact) mass is 328 g/mol. The fraction of sp³-hybridized carbons (Fsp3) is 0.625. The molecule has 1 aliphatic carbocycles. The number of anilines is 1. The standard InChI is InChI=1S/C16H19F3N2O2/c1-2-23-15(22)12-9-11(12)10-5-6-13(16(17,18)19)20-14(10)21-7-3-4-8-21/h5-6,11-12H,2-4,7-9H2,1H3. The summed E-state index contributed by atoms with van der Waals surface area (Å²) in [5.74, 6) is -0.229. The van der Waals surface area contributed by atoms with Gasteiger partial charge < -0.3 is 9.64 Å². The quantitative estimate of drug-likeness (QED) is 0.795. The van der Waals surface area contributed by atoms with Crippen LogP contribution in [0, 0.1) is 5.92 Å². The Hall–Kier alpha value is -1.79. The maximum atomic E-state index is 13.0. The molecule has 0 bridgehead atoms. The third-order valence-electron chi connectivity index (χ3n) is 4.38. The molecule has 0 aromatic carbocycles. The van der Waals surface area contributed by atoms with E-state index in [1.54, 1.807) is 6.92 Å². The van der Waals surface area contributed by atoms with Crippen molar-refractivity contribution in [1.29, 1.82) is 0 Å². The third-order valence-corrected chi connectivity index (χ3v) is 4.38. The molecule has 2 atom stereocenters. The lowest BCUT2D eigenvalue weighted by atomic mass is 10.1. The smallest absolute Gasteiger partial charge is 0.433 e. The number of ether oxygens (including phenoxy) is 1. The number of nitrogens with zero attached hydrogens (tertiary/aromatic N) is 2. The number of pyridine rings is 1. The van der Waals surface area contributed by atoms with Crippen LogP contribution in [0.25, 0.3) is 0 Å². The van der Waals surface area contributed by atoms with Gasteiger partial charge >= 0.3 is 12.1 Å². The van der Waals surface area contributed by atoms with Crippen molar-refractivity contribution in [2.45, 2.75) is 38.3 Å². The summed E-state index contributed by atoms with van der Waals surface area (Å²) in [5.41, 5.74) is -0.144. The van der Waals surface area contributed by atoms with Gasteiger partial charge in [-0.3, -0.25) is 4.79 Å². The molecule has 2 unspecified atom stereocenters. The molecule has 0 spiro atoms. The fourth-order valence-electron chi connectivity index (χ4n) is 3.14. The molecular formula is C16H19F3N2O2. The van der Waals surface area contributed by atoms with E-state index >= 15 is 0 Å². The minimum absolute atomic E-state index is 0.0839. The average molecular weight is 328 g/mol. The molecule has 4 nitrogen and oxygen atoms in total. The summed E-state index contributed by atoms with van der Waals surface area (Å²) in [6, 6.07) is 2.49. The molecule has 1 aromatic rings. The lowest BCUT2D eigenvalue weighted by molar-refractivity contribution is -0.145. The summed E-state index contributed by atoms with van der Waals surface area (Å²) in [7, 11) is 0. The largest absolute Gasteiger partial charge is 0.466 e. The Labute approximate surface area is 132 Å². The van der Waals surface area contributed by atoms with Gasteiger partial charge in [-0.15, -0.1) is 0 Å². The van der Waals surface area contributed by atoms with Crippen LogP contribution in [0.5, 0.6) is 0 Å². The summed E-state index contributed by atoms with van der Waals surface area (Å²) in [6.07, 6.45) is -1.95. The zero-order valence-corrected chi connectivity index (χ0v) is 12.9. The van der Waals surface area contributed by atoms with Crippen LogP contribution >= 0.6 is 0 Å². The van der Waals surface area contributed by atoms with E-state index in [2.05, 4.69) is 4.98 Å². The van der Waals surface area contributed by atoms with Crippen LogP contribution in [0.2, 0.25) is 0 Å². The molecule has 2 heterocycles. The summed E-state index contributed by atoms with van der Waals surface area (Å²) in [4.78, 5) is 17.6. The highest BCUT2D eigenvalue weighted by molar-refractivity contribution is 5.78. The van der Waals surface area contributed by atoms with Gasteiger partial charge in [0.05, 0.1) is 12.5 Å². The predicted molar refractivity (Wildman–Crippen MR) is 78.2 cm³/mol. The number of halogens is 3.